The Morgan fingerprint density at radius 3 is 2.75 bits per heavy atom. The molecule has 20 heavy (non-hydrogen) atoms. The van der Waals surface area contributed by atoms with E-state index in [2.05, 4.69) is 29.4 Å². The summed E-state index contributed by atoms with van der Waals surface area (Å²) < 4.78 is 0. The minimum atomic E-state index is 0.151. The van der Waals surface area contributed by atoms with Gasteiger partial charge in [-0.15, -0.1) is 0 Å². The molecular formula is C17H15ClN2. The summed E-state index contributed by atoms with van der Waals surface area (Å²) in [5, 5.41) is 5.39. The Morgan fingerprint density at radius 1 is 1.05 bits per heavy atom. The van der Waals surface area contributed by atoms with Gasteiger partial charge in [-0.05, 0) is 42.8 Å². The lowest BCUT2D eigenvalue weighted by Crippen LogP contribution is -2.07. The van der Waals surface area contributed by atoms with Crippen LogP contribution in [0.2, 0.25) is 5.02 Å². The quantitative estimate of drug-likeness (QED) is 0.726. The Labute approximate surface area is 123 Å². The van der Waals surface area contributed by atoms with Crippen LogP contribution in [0.1, 0.15) is 18.5 Å². The highest BCUT2D eigenvalue weighted by molar-refractivity contribution is 6.31. The number of fused-ring (bicyclic) bond motifs is 1. The Balaban J connectivity index is 1.87. The van der Waals surface area contributed by atoms with E-state index in [1.165, 1.54) is 0 Å². The van der Waals surface area contributed by atoms with Crippen molar-refractivity contribution in [2.45, 2.75) is 13.0 Å². The summed E-state index contributed by atoms with van der Waals surface area (Å²) in [6.07, 6.45) is 1.81. The summed E-state index contributed by atoms with van der Waals surface area (Å²) in [7, 11) is 0. The van der Waals surface area contributed by atoms with Gasteiger partial charge in [-0.1, -0.05) is 35.9 Å². The molecule has 1 N–H and O–H groups in total. The van der Waals surface area contributed by atoms with Gasteiger partial charge in [-0.2, -0.15) is 0 Å². The monoisotopic (exact) mass is 282 g/mol. The molecule has 0 aliphatic heterocycles. The SMILES string of the molecule is CC(Nc1ccc2ncccc2c1)c1ccccc1Cl. The van der Waals surface area contributed by atoms with Crippen molar-refractivity contribution in [2.75, 3.05) is 5.32 Å². The summed E-state index contributed by atoms with van der Waals surface area (Å²) in [6.45, 7) is 2.11. The first-order valence-electron chi connectivity index (χ1n) is 6.60. The maximum atomic E-state index is 6.23. The van der Waals surface area contributed by atoms with E-state index in [4.69, 9.17) is 11.6 Å². The summed E-state index contributed by atoms with van der Waals surface area (Å²) >= 11 is 6.23. The van der Waals surface area contributed by atoms with E-state index in [9.17, 15) is 0 Å². The van der Waals surface area contributed by atoms with Crippen molar-refractivity contribution in [1.82, 2.24) is 4.98 Å². The van der Waals surface area contributed by atoms with Crippen LogP contribution in [0.15, 0.2) is 60.8 Å². The zero-order valence-corrected chi connectivity index (χ0v) is 11.9. The van der Waals surface area contributed by atoms with E-state index in [0.29, 0.717) is 0 Å². The third kappa shape index (κ3) is 2.61. The minimum Gasteiger partial charge on any atom is -0.378 e. The lowest BCUT2D eigenvalue weighted by Gasteiger charge is -2.17. The highest BCUT2D eigenvalue weighted by atomic mass is 35.5. The number of hydrogen-bond acceptors (Lipinski definition) is 2. The van der Waals surface area contributed by atoms with E-state index in [1.807, 2.05) is 48.7 Å². The highest BCUT2D eigenvalue weighted by Gasteiger charge is 2.09. The normalized spacial score (nSPS) is 12.3. The van der Waals surface area contributed by atoms with E-state index >= 15 is 0 Å². The first-order chi connectivity index (χ1) is 9.74. The maximum absolute atomic E-state index is 6.23. The van der Waals surface area contributed by atoms with Crippen LogP contribution >= 0.6 is 11.6 Å². The number of benzene rings is 2. The van der Waals surface area contributed by atoms with Gasteiger partial charge in [0.05, 0.1) is 5.52 Å². The van der Waals surface area contributed by atoms with E-state index in [1.54, 1.807) is 0 Å². The molecular weight excluding hydrogens is 268 g/mol. The molecule has 100 valence electrons. The second-order valence-corrected chi connectivity index (χ2v) is 5.21. The zero-order valence-electron chi connectivity index (χ0n) is 11.2. The molecule has 0 radical (unpaired) electrons. The third-order valence-corrected chi connectivity index (χ3v) is 3.70. The molecule has 1 unspecified atom stereocenters. The molecule has 3 aromatic rings. The largest absolute Gasteiger partial charge is 0.378 e. The van der Waals surface area contributed by atoms with Crippen molar-refractivity contribution in [3.8, 4) is 0 Å². The summed E-state index contributed by atoms with van der Waals surface area (Å²) in [5.74, 6) is 0. The number of pyridine rings is 1. The van der Waals surface area contributed by atoms with Crippen molar-refractivity contribution >= 4 is 28.2 Å². The van der Waals surface area contributed by atoms with Crippen molar-refractivity contribution in [3.05, 3.63) is 71.4 Å². The molecule has 3 heteroatoms. The van der Waals surface area contributed by atoms with Crippen molar-refractivity contribution < 1.29 is 0 Å². The zero-order chi connectivity index (χ0) is 13.9. The fraction of sp³-hybridized carbons (Fsp3) is 0.118. The molecule has 0 saturated heterocycles. The first-order valence-corrected chi connectivity index (χ1v) is 6.97. The highest BCUT2D eigenvalue weighted by Crippen LogP contribution is 2.26. The Hall–Kier alpha value is -2.06. The molecule has 0 amide bonds. The number of nitrogens with zero attached hydrogens (tertiary/aromatic N) is 1. The van der Waals surface area contributed by atoms with Gasteiger partial charge < -0.3 is 5.32 Å². The number of rotatable bonds is 3. The molecule has 0 spiro atoms. The van der Waals surface area contributed by atoms with Gasteiger partial charge >= 0.3 is 0 Å². The topological polar surface area (TPSA) is 24.9 Å². The Kier molecular flexibility index (Phi) is 3.57. The van der Waals surface area contributed by atoms with Crippen molar-refractivity contribution in [2.24, 2.45) is 0 Å². The molecule has 1 atom stereocenters. The van der Waals surface area contributed by atoms with Crippen LogP contribution in [-0.2, 0) is 0 Å². The average Bonchev–Trinajstić information content (AvgIpc) is 2.47. The standard InChI is InChI=1S/C17H15ClN2/c1-12(15-6-2-3-7-16(15)18)20-14-8-9-17-13(11-14)5-4-10-19-17/h2-12,20H,1H3. The average molecular weight is 283 g/mol. The molecule has 0 aliphatic rings. The van der Waals surface area contributed by atoms with Crippen molar-refractivity contribution in [3.63, 3.8) is 0 Å². The minimum absolute atomic E-state index is 0.151. The molecule has 0 aliphatic carbocycles. The Bertz CT molecular complexity index is 740. The van der Waals surface area contributed by atoms with Crippen LogP contribution in [0.3, 0.4) is 0 Å². The molecule has 3 rings (SSSR count). The van der Waals surface area contributed by atoms with Crippen LogP contribution in [0, 0.1) is 0 Å². The van der Waals surface area contributed by atoms with Gasteiger partial charge in [0.15, 0.2) is 0 Å². The van der Waals surface area contributed by atoms with Crippen LogP contribution in [0.5, 0.6) is 0 Å². The smallest absolute Gasteiger partial charge is 0.0703 e. The van der Waals surface area contributed by atoms with Crippen LogP contribution in [-0.4, -0.2) is 4.98 Å². The second-order valence-electron chi connectivity index (χ2n) is 4.80. The molecule has 1 aromatic heterocycles. The van der Waals surface area contributed by atoms with Gasteiger partial charge in [0.1, 0.15) is 0 Å². The predicted octanol–water partition coefficient (Wildman–Crippen LogP) is 5.06. The third-order valence-electron chi connectivity index (χ3n) is 3.36. The number of halogens is 1. The summed E-state index contributed by atoms with van der Waals surface area (Å²) in [4.78, 5) is 4.32. The van der Waals surface area contributed by atoms with Crippen molar-refractivity contribution in [1.29, 1.82) is 0 Å². The number of aromatic nitrogens is 1. The summed E-state index contributed by atoms with van der Waals surface area (Å²) in [6, 6.07) is 18.2. The summed E-state index contributed by atoms with van der Waals surface area (Å²) in [5.41, 5.74) is 3.17. The van der Waals surface area contributed by atoms with Crippen LogP contribution in [0.25, 0.3) is 10.9 Å². The lowest BCUT2D eigenvalue weighted by atomic mass is 10.1. The van der Waals surface area contributed by atoms with E-state index in [0.717, 1.165) is 27.2 Å². The molecule has 1 heterocycles. The van der Waals surface area contributed by atoms with Gasteiger partial charge in [-0.25, -0.2) is 0 Å². The number of hydrogen-bond donors (Lipinski definition) is 1. The molecule has 0 saturated carbocycles. The fourth-order valence-electron chi connectivity index (χ4n) is 2.32. The lowest BCUT2D eigenvalue weighted by molar-refractivity contribution is 0.885. The molecule has 0 fully saturated rings. The number of anilines is 1. The van der Waals surface area contributed by atoms with Gasteiger partial charge in [0.25, 0.3) is 0 Å². The van der Waals surface area contributed by atoms with Gasteiger partial charge in [0, 0.05) is 28.3 Å². The fourth-order valence-corrected chi connectivity index (χ4v) is 2.62. The molecule has 2 nitrogen and oxygen atoms in total. The van der Waals surface area contributed by atoms with E-state index in [-0.39, 0.29) is 6.04 Å². The van der Waals surface area contributed by atoms with Crippen LogP contribution in [0.4, 0.5) is 5.69 Å². The number of nitrogens with one attached hydrogen (secondary N) is 1. The van der Waals surface area contributed by atoms with Crippen LogP contribution < -0.4 is 5.32 Å². The van der Waals surface area contributed by atoms with Gasteiger partial charge in [0.2, 0.25) is 0 Å². The van der Waals surface area contributed by atoms with E-state index < -0.39 is 0 Å². The molecule has 2 aromatic carbocycles. The first kappa shape index (κ1) is 12.9. The molecule has 0 bridgehead atoms. The maximum Gasteiger partial charge on any atom is 0.0703 e. The second kappa shape index (κ2) is 5.51. The Morgan fingerprint density at radius 2 is 1.90 bits per heavy atom. The van der Waals surface area contributed by atoms with Gasteiger partial charge in [-0.3, -0.25) is 4.98 Å². The predicted molar refractivity (Wildman–Crippen MR) is 85.2 cm³/mol.